The number of piperazine rings is 1. The van der Waals surface area contributed by atoms with E-state index in [1.54, 1.807) is 54.7 Å². The second-order valence-corrected chi connectivity index (χ2v) is 9.74. The molecule has 2 amide bonds. The third kappa shape index (κ3) is 6.35. The molecule has 0 aliphatic carbocycles. The molecule has 0 saturated carbocycles. The summed E-state index contributed by atoms with van der Waals surface area (Å²) in [4.78, 5) is 48.1. The van der Waals surface area contributed by atoms with Crippen LogP contribution in [0.25, 0.3) is 0 Å². The Balaban J connectivity index is 1.29. The number of nitro groups is 1. The molecule has 0 bridgehead atoms. The van der Waals surface area contributed by atoms with Gasteiger partial charge in [0.2, 0.25) is 0 Å². The normalized spacial score (nSPS) is 15.9. The van der Waals surface area contributed by atoms with E-state index in [1.807, 2.05) is 7.05 Å². The van der Waals surface area contributed by atoms with Crippen molar-refractivity contribution in [3.63, 3.8) is 0 Å². The molecule has 12 nitrogen and oxygen atoms in total. The van der Waals surface area contributed by atoms with Crippen LogP contribution in [0, 0.1) is 10.1 Å². The molecule has 3 heterocycles. The van der Waals surface area contributed by atoms with Gasteiger partial charge < -0.3 is 30.1 Å². The molecule has 40 heavy (non-hydrogen) atoms. The number of hydrogen-bond donors (Lipinski definition) is 2. The number of morpholine rings is 1. The van der Waals surface area contributed by atoms with Gasteiger partial charge in [0.1, 0.15) is 11.4 Å². The number of carbonyl (C=O) groups is 2. The van der Waals surface area contributed by atoms with Crippen LogP contribution >= 0.6 is 0 Å². The van der Waals surface area contributed by atoms with Crippen LogP contribution in [0.4, 0.5) is 28.6 Å². The van der Waals surface area contributed by atoms with Gasteiger partial charge in [-0.25, -0.2) is 4.98 Å². The van der Waals surface area contributed by atoms with E-state index in [4.69, 9.17) is 4.74 Å². The van der Waals surface area contributed by atoms with Gasteiger partial charge in [-0.15, -0.1) is 0 Å². The van der Waals surface area contributed by atoms with Crippen LogP contribution in [0.2, 0.25) is 0 Å². The van der Waals surface area contributed by atoms with Gasteiger partial charge in [-0.1, -0.05) is 6.07 Å². The number of likely N-dealkylation sites (N-methyl/N-ethyl adjacent to an activating group) is 1. The van der Waals surface area contributed by atoms with Crippen LogP contribution in [0.3, 0.4) is 0 Å². The summed E-state index contributed by atoms with van der Waals surface area (Å²) in [7, 11) is 2.04. The maximum absolute atomic E-state index is 13.2. The molecule has 5 rings (SSSR count). The summed E-state index contributed by atoms with van der Waals surface area (Å²) in [5, 5.41) is 17.3. The molecule has 0 spiro atoms. The van der Waals surface area contributed by atoms with Gasteiger partial charge in [0.15, 0.2) is 0 Å². The predicted molar refractivity (Wildman–Crippen MR) is 152 cm³/mol. The fourth-order valence-electron chi connectivity index (χ4n) is 4.73. The lowest BCUT2D eigenvalue weighted by molar-refractivity contribution is -0.385. The highest BCUT2D eigenvalue weighted by atomic mass is 16.6. The molecule has 0 radical (unpaired) electrons. The number of rotatable bonds is 7. The molecule has 2 aromatic carbocycles. The Morgan fingerprint density at radius 2 is 1.57 bits per heavy atom. The van der Waals surface area contributed by atoms with Crippen LogP contribution in [-0.4, -0.2) is 86.2 Å². The molecule has 3 aromatic rings. The highest BCUT2D eigenvalue weighted by molar-refractivity contribution is 6.08. The molecule has 2 N–H and O–H groups in total. The zero-order valence-corrected chi connectivity index (χ0v) is 22.2. The Kier molecular flexibility index (Phi) is 8.18. The number of amides is 2. The number of nitrogens with one attached hydrogen (secondary N) is 2. The van der Waals surface area contributed by atoms with E-state index in [0.29, 0.717) is 49.1 Å². The lowest BCUT2D eigenvalue weighted by Gasteiger charge is -2.34. The Morgan fingerprint density at radius 1 is 0.875 bits per heavy atom. The van der Waals surface area contributed by atoms with E-state index in [2.05, 4.69) is 30.3 Å². The second-order valence-electron chi connectivity index (χ2n) is 9.74. The minimum atomic E-state index is -0.601. The van der Waals surface area contributed by atoms with Crippen LogP contribution in [0.1, 0.15) is 20.7 Å². The summed E-state index contributed by atoms with van der Waals surface area (Å²) in [6.45, 7) is 5.90. The zero-order chi connectivity index (χ0) is 28.1. The van der Waals surface area contributed by atoms with Crippen molar-refractivity contribution in [1.29, 1.82) is 0 Å². The number of ether oxygens (including phenoxy) is 1. The van der Waals surface area contributed by atoms with Crippen LogP contribution < -0.4 is 20.4 Å². The van der Waals surface area contributed by atoms with E-state index in [9.17, 15) is 19.7 Å². The molecular formula is C28H31N7O5. The van der Waals surface area contributed by atoms with Gasteiger partial charge in [-0.3, -0.25) is 19.7 Å². The summed E-state index contributed by atoms with van der Waals surface area (Å²) in [6.07, 6.45) is 1.60. The first kappa shape index (κ1) is 27.0. The van der Waals surface area contributed by atoms with Crippen molar-refractivity contribution in [3.05, 3.63) is 82.0 Å². The van der Waals surface area contributed by atoms with Gasteiger partial charge in [0, 0.05) is 74.2 Å². The van der Waals surface area contributed by atoms with Gasteiger partial charge in [-0.05, 0) is 49.5 Å². The number of nitrogens with zero attached hydrogens (tertiary/aromatic N) is 5. The van der Waals surface area contributed by atoms with Gasteiger partial charge in [-0.2, -0.15) is 0 Å². The Morgan fingerprint density at radius 3 is 2.27 bits per heavy atom. The molecule has 12 heteroatoms. The van der Waals surface area contributed by atoms with Crippen molar-refractivity contribution in [3.8, 4) is 0 Å². The highest BCUT2D eigenvalue weighted by Gasteiger charge is 2.24. The lowest BCUT2D eigenvalue weighted by Crippen LogP contribution is -2.44. The first-order valence-electron chi connectivity index (χ1n) is 13.1. The maximum Gasteiger partial charge on any atom is 0.282 e. The maximum atomic E-state index is 13.2. The van der Waals surface area contributed by atoms with Crippen molar-refractivity contribution in [2.45, 2.75) is 0 Å². The SMILES string of the molecule is CN1CCN(c2ccc([N+](=O)[O-])c(C(=O)Nc3cccc(NC(=O)c4ccnc(N5CCOCC5)c4)c3)c2)CC1. The molecule has 2 fully saturated rings. The minimum absolute atomic E-state index is 0.0247. The third-order valence-corrected chi connectivity index (χ3v) is 7.01. The standard InChI is InChI=1S/C28H31N7O5/c1-32-9-11-33(12-10-32)23-5-6-25(35(38)39)24(19-23)28(37)31-22-4-2-3-21(18-22)30-27(36)20-7-8-29-26(17-20)34-13-15-40-16-14-34/h2-8,17-19H,9-16H2,1H3,(H,30,36)(H,31,37). The third-order valence-electron chi connectivity index (χ3n) is 7.01. The fourth-order valence-corrected chi connectivity index (χ4v) is 4.73. The van der Waals surface area contributed by atoms with Crippen molar-refractivity contribution in [1.82, 2.24) is 9.88 Å². The first-order chi connectivity index (χ1) is 19.4. The minimum Gasteiger partial charge on any atom is -0.378 e. The lowest BCUT2D eigenvalue weighted by atomic mass is 10.1. The fraction of sp³-hybridized carbons (Fsp3) is 0.321. The summed E-state index contributed by atoms with van der Waals surface area (Å²) in [5.74, 6) is -0.219. The molecule has 0 atom stereocenters. The quantitative estimate of drug-likeness (QED) is 0.339. The van der Waals surface area contributed by atoms with Crippen molar-refractivity contribution in [2.24, 2.45) is 0 Å². The second kappa shape index (κ2) is 12.1. The zero-order valence-electron chi connectivity index (χ0n) is 22.2. The molecule has 1 aromatic heterocycles. The van der Waals surface area contributed by atoms with Crippen LogP contribution in [0.5, 0.6) is 0 Å². The van der Waals surface area contributed by atoms with Crippen molar-refractivity contribution >= 4 is 40.4 Å². The van der Waals surface area contributed by atoms with Gasteiger partial charge >= 0.3 is 0 Å². The number of carbonyl (C=O) groups excluding carboxylic acids is 2. The average molecular weight is 546 g/mol. The highest BCUT2D eigenvalue weighted by Crippen LogP contribution is 2.27. The number of anilines is 4. The first-order valence-corrected chi connectivity index (χ1v) is 13.1. The monoisotopic (exact) mass is 545 g/mol. The largest absolute Gasteiger partial charge is 0.378 e. The predicted octanol–water partition coefficient (Wildman–Crippen LogP) is 3.08. The summed E-state index contributed by atoms with van der Waals surface area (Å²) in [6, 6.07) is 14.7. The smallest absolute Gasteiger partial charge is 0.282 e. The van der Waals surface area contributed by atoms with E-state index >= 15 is 0 Å². The van der Waals surface area contributed by atoms with E-state index in [1.165, 1.54) is 6.07 Å². The molecule has 208 valence electrons. The molecule has 2 aliphatic rings. The average Bonchev–Trinajstić information content (AvgIpc) is 2.98. The Hall–Kier alpha value is -4.55. The van der Waals surface area contributed by atoms with Crippen LogP contribution in [-0.2, 0) is 4.74 Å². The molecular weight excluding hydrogens is 514 g/mol. The summed E-state index contributed by atoms with van der Waals surface area (Å²) in [5.41, 5.74) is 1.77. The van der Waals surface area contributed by atoms with Crippen LogP contribution in [0.15, 0.2) is 60.8 Å². The Bertz CT molecular complexity index is 1400. The van der Waals surface area contributed by atoms with Gasteiger partial charge in [0.25, 0.3) is 17.5 Å². The summed E-state index contributed by atoms with van der Waals surface area (Å²) >= 11 is 0. The topological polar surface area (TPSA) is 133 Å². The van der Waals surface area contributed by atoms with Crippen molar-refractivity contribution in [2.75, 3.05) is 80.0 Å². The molecule has 2 aliphatic heterocycles. The number of aromatic nitrogens is 1. The van der Waals surface area contributed by atoms with Crippen molar-refractivity contribution < 1.29 is 19.2 Å². The summed E-state index contributed by atoms with van der Waals surface area (Å²) < 4.78 is 5.38. The number of pyridine rings is 1. The molecule has 2 saturated heterocycles. The Labute approximate surface area is 231 Å². The van der Waals surface area contributed by atoms with E-state index in [0.717, 1.165) is 31.9 Å². The van der Waals surface area contributed by atoms with E-state index < -0.39 is 10.8 Å². The number of nitro benzene ring substituents is 1. The van der Waals surface area contributed by atoms with E-state index in [-0.39, 0.29) is 17.2 Å². The molecule has 0 unspecified atom stereocenters. The van der Waals surface area contributed by atoms with Gasteiger partial charge in [0.05, 0.1) is 18.1 Å². The number of hydrogen-bond acceptors (Lipinski definition) is 9. The number of benzene rings is 2.